The molecule has 4 aromatic carbocycles. The van der Waals surface area contributed by atoms with Crippen LogP contribution in [0.1, 0.15) is 22.8 Å². The van der Waals surface area contributed by atoms with Gasteiger partial charge in [-0.3, -0.25) is 14.4 Å². The molecule has 0 aliphatic carbocycles. The zero-order chi connectivity index (χ0) is 31.8. The maximum Gasteiger partial charge on any atom is 0.272 e. The first-order valence-electron chi connectivity index (χ1n) is 13.7. The van der Waals surface area contributed by atoms with Crippen molar-refractivity contribution >= 4 is 80.9 Å². The Kier molecular flexibility index (Phi) is 10.7. The van der Waals surface area contributed by atoms with E-state index in [2.05, 4.69) is 20.9 Å². The topological polar surface area (TPSA) is 100 Å². The summed E-state index contributed by atoms with van der Waals surface area (Å²) >= 11 is 15.0. The van der Waals surface area contributed by atoms with Gasteiger partial charge >= 0.3 is 0 Å². The van der Waals surface area contributed by atoms with Crippen molar-refractivity contribution in [3.05, 3.63) is 135 Å². The van der Waals surface area contributed by atoms with Crippen molar-refractivity contribution in [1.82, 2.24) is 10.3 Å². The lowest BCUT2D eigenvalue weighted by Gasteiger charge is -2.13. The lowest BCUT2D eigenvalue weighted by molar-refractivity contribution is -0.115. The van der Waals surface area contributed by atoms with Crippen molar-refractivity contribution in [2.45, 2.75) is 17.1 Å². The largest absolute Gasteiger partial charge is 0.321 e. The molecule has 45 heavy (non-hydrogen) atoms. The number of hydrogen-bond acceptors (Lipinski definition) is 6. The standard InChI is InChI=1S/C34H26Cl2N4O3S2/c1-21(31(41)40-34-39-30(20-44-34)27-9-5-6-10-28(27)36)45-26-17-15-25(16-18-26)37-33(43)29(19-22-11-13-24(35)14-12-22)38-32(42)23-7-3-2-4-8-23/h2-21H,1H3,(H,37,43)(H,38,42)(H,39,40,41)/b29-19-. The smallest absolute Gasteiger partial charge is 0.272 e. The summed E-state index contributed by atoms with van der Waals surface area (Å²) in [6.07, 6.45) is 1.58. The van der Waals surface area contributed by atoms with E-state index in [9.17, 15) is 14.4 Å². The lowest BCUT2D eigenvalue weighted by Crippen LogP contribution is -2.30. The molecular formula is C34H26Cl2N4O3S2. The second-order valence-corrected chi connectivity index (χ2v) is 12.8. The molecule has 1 atom stereocenters. The molecule has 226 valence electrons. The van der Waals surface area contributed by atoms with Crippen LogP contribution in [0.15, 0.2) is 119 Å². The van der Waals surface area contributed by atoms with E-state index in [0.29, 0.717) is 37.7 Å². The average Bonchev–Trinajstić information content (AvgIpc) is 3.51. The molecule has 11 heteroatoms. The first kappa shape index (κ1) is 32.0. The molecule has 1 unspecified atom stereocenters. The third-order valence-corrected chi connectivity index (χ3v) is 8.84. The highest BCUT2D eigenvalue weighted by Crippen LogP contribution is 2.31. The highest BCUT2D eigenvalue weighted by Gasteiger charge is 2.18. The maximum absolute atomic E-state index is 13.3. The highest BCUT2D eigenvalue weighted by molar-refractivity contribution is 8.00. The molecule has 1 heterocycles. The van der Waals surface area contributed by atoms with Crippen LogP contribution in [0.4, 0.5) is 10.8 Å². The Hall–Kier alpha value is -4.41. The first-order chi connectivity index (χ1) is 21.7. The molecule has 5 rings (SSSR count). The van der Waals surface area contributed by atoms with E-state index in [4.69, 9.17) is 23.2 Å². The summed E-state index contributed by atoms with van der Waals surface area (Å²) in [7, 11) is 0. The number of rotatable bonds is 10. The van der Waals surface area contributed by atoms with Crippen LogP contribution in [0.5, 0.6) is 0 Å². The summed E-state index contributed by atoms with van der Waals surface area (Å²) in [5.41, 5.74) is 3.20. The van der Waals surface area contributed by atoms with Crippen molar-refractivity contribution in [1.29, 1.82) is 0 Å². The molecule has 0 fully saturated rings. The van der Waals surface area contributed by atoms with Gasteiger partial charge in [-0.1, -0.05) is 71.7 Å². The lowest BCUT2D eigenvalue weighted by atomic mass is 10.1. The van der Waals surface area contributed by atoms with E-state index < -0.39 is 17.1 Å². The fraction of sp³-hybridized carbons (Fsp3) is 0.0588. The minimum atomic E-state index is -0.498. The van der Waals surface area contributed by atoms with Crippen molar-refractivity contribution in [3.8, 4) is 11.3 Å². The van der Waals surface area contributed by atoms with E-state index in [-0.39, 0.29) is 11.6 Å². The molecule has 0 radical (unpaired) electrons. The monoisotopic (exact) mass is 672 g/mol. The number of anilines is 2. The number of amides is 3. The average molecular weight is 674 g/mol. The number of nitrogens with one attached hydrogen (secondary N) is 3. The molecule has 0 saturated heterocycles. The normalized spacial score (nSPS) is 11.8. The zero-order valence-electron chi connectivity index (χ0n) is 23.8. The van der Waals surface area contributed by atoms with Crippen LogP contribution in [-0.2, 0) is 9.59 Å². The first-order valence-corrected chi connectivity index (χ1v) is 16.2. The van der Waals surface area contributed by atoms with Crippen LogP contribution in [0.2, 0.25) is 10.0 Å². The van der Waals surface area contributed by atoms with Crippen molar-refractivity contribution in [2.24, 2.45) is 0 Å². The number of hydrogen-bond donors (Lipinski definition) is 3. The predicted molar refractivity (Wildman–Crippen MR) is 185 cm³/mol. The van der Waals surface area contributed by atoms with E-state index in [1.807, 2.05) is 48.7 Å². The van der Waals surface area contributed by atoms with Crippen LogP contribution < -0.4 is 16.0 Å². The highest BCUT2D eigenvalue weighted by atomic mass is 35.5. The van der Waals surface area contributed by atoms with Crippen LogP contribution >= 0.6 is 46.3 Å². The summed E-state index contributed by atoms with van der Waals surface area (Å²) in [4.78, 5) is 44.4. The Balaban J connectivity index is 1.21. The van der Waals surface area contributed by atoms with Gasteiger partial charge in [-0.2, -0.15) is 0 Å². The van der Waals surface area contributed by atoms with Gasteiger partial charge in [-0.05, 0) is 73.2 Å². The van der Waals surface area contributed by atoms with E-state index in [1.54, 1.807) is 72.8 Å². The Morgan fingerprint density at radius 1 is 0.844 bits per heavy atom. The number of carbonyl (C=O) groups is 3. The van der Waals surface area contributed by atoms with Crippen molar-refractivity contribution in [3.63, 3.8) is 0 Å². The van der Waals surface area contributed by atoms with Crippen molar-refractivity contribution in [2.75, 3.05) is 10.6 Å². The Morgan fingerprint density at radius 3 is 2.24 bits per heavy atom. The fourth-order valence-corrected chi connectivity index (χ4v) is 6.01. The summed E-state index contributed by atoms with van der Waals surface area (Å²) in [5.74, 6) is -1.10. The van der Waals surface area contributed by atoms with Gasteiger partial charge in [0.1, 0.15) is 5.70 Å². The zero-order valence-corrected chi connectivity index (χ0v) is 26.9. The fourth-order valence-electron chi connectivity index (χ4n) is 4.07. The Bertz CT molecular complexity index is 1840. The summed E-state index contributed by atoms with van der Waals surface area (Å²) in [6.45, 7) is 1.81. The molecule has 3 N–H and O–H groups in total. The molecule has 0 bridgehead atoms. The second kappa shape index (κ2) is 15.0. The number of nitrogens with zero attached hydrogens (tertiary/aromatic N) is 1. The van der Waals surface area contributed by atoms with Crippen LogP contribution in [0.3, 0.4) is 0 Å². The molecule has 7 nitrogen and oxygen atoms in total. The maximum atomic E-state index is 13.3. The van der Waals surface area contributed by atoms with Gasteiger partial charge in [0, 0.05) is 37.1 Å². The third-order valence-electron chi connectivity index (χ3n) is 6.39. The van der Waals surface area contributed by atoms with E-state index >= 15 is 0 Å². The molecule has 0 saturated carbocycles. The Labute approximate surface area is 278 Å². The minimum Gasteiger partial charge on any atom is -0.321 e. The molecule has 5 aromatic rings. The third kappa shape index (κ3) is 8.83. The molecule has 0 aliphatic heterocycles. The molecular weight excluding hydrogens is 647 g/mol. The number of thioether (sulfide) groups is 1. The van der Waals surface area contributed by atoms with Gasteiger partial charge in [0.2, 0.25) is 5.91 Å². The van der Waals surface area contributed by atoms with Gasteiger partial charge in [0.05, 0.1) is 10.9 Å². The van der Waals surface area contributed by atoms with Gasteiger partial charge in [0.25, 0.3) is 11.8 Å². The SMILES string of the molecule is CC(Sc1ccc(NC(=O)/C(=C/c2ccc(Cl)cc2)NC(=O)c2ccccc2)cc1)C(=O)Nc1nc(-c2ccccc2Cl)cs1. The number of thiazole rings is 1. The van der Waals surface area contributed by atoms with E-state index in [0.717, 1.165) is 10.5 Å². The number of halogens is 2. The number of benzene rings is 4. The van der Waals surface area contributed by atoms with Gasteiger partial charge in [0.15, 0.2) is 5.13 Å². The quantitative estimate of drug-likeness (QED) is 0.102. The van der Waals surface area contributed by atoms with Gasteiger partial charge < -0.3 is 16.0 Å². The Morgan fingerprint density at radius 2 is 1.53 bits per heavy atom. The van der Waals surface area contributed by atoms with Gasteiger partial charge in [-0.15, -0.1) is 23.1 Å². The van der Waals surface area contributed by atoms with Crippen LogP contribution in [-0.4, -0.2) is 28.0 Å². The van der Waals surface area contributed by atoms with E-state index in [1.165, 1.54) is 23.1 Å². The predicted octanol–water partition coefficient (Wildman–Crippen LogP) is 8.65. The number of aromatic nitrogens is 1. The summed E-state index contributed by atoms with van der Waals surface area (Å²) in [6, 6.07) is 30.1. The van der Waals surface area contributed by atoms with Crippen LogP contribution in [0.25, 0.3) is 17.3 Å². The molecule has 3 amide bonds. The number of carbonyl (C=O) groups excluding carboxylic acids is 3. The summed E-state index contributed by atoms with van der Waals surface area (Å²) in [5, 5.41) is 11.5. The molecule has 1 aromatic heterocycles. The van der Waals surface area contributed by atoms with Crippen LogP contribution in [0, 0.1) is 0 Å². The summed E-state index contributed by atoms with van der Waals surface area (Å²) < 4.78 is 0. The second-order valence-electron chi connectivity index (χ2n) is 9.68. The molecule has 0 spiro atoms. The minimum absolute atomic E-state index is 0.0646. The molecule has 0 aliphatic rings. The van der Waals surface area contributed by atoms with Gasteiger partial charge in [-0.25, -0.2) is 4.98 Å². The van der Waals surface area contributed by atoms with Crippen molar-refractivity contribution < 1.29 is 14.4 Å².